The molecule has 2 fully saturated rings. The first kappa shape index (κ1) is 16.3. The molecule has 2 aromatic rings. The molecule has 0 saturated carbocycles. The van der Waals surface area contributed by atoms with Crippen LogP contribution in [0.2, 0.25) is 0 Å². The number of likely N-dealkylation sites (N-methyl/N-ethyl adjacent to an activating group) is 1. The van der Waals surface area contributed by atoms with Crippen molar-refractivity contribution < 1.29 is 13.7 Å². The van der Waals surface area contributed by atoms with E-state index in [9.17, 15) is 9.18 Å². The van der Waals surface area contributed by atoms with Crippen LogP contribution in [0.4, 0.5) is 4.39 Å². The van der Waals surface area contributed by atoms with E-state index in [-0.39, 0.29) is 23.5 Å². The van der Waals surface area contributed by atoms with E-state index in [4.69, 9.17) is 4.52 Å². The van der Waals surface area contributed by atoms with Gasteiger partial charge in [-0.05, 0) is 51.4 Å². The van der Waals surface area contributed by atoms with E-state index in [1.54, 1.807) is 18.2 Å². The molecule has 0 N–H and O–H groups in total. The van der Waals surface area contributed by atoms with Crippen LogP contribution in [0.3, 0.4) is 0 Å². The molecule has 4 rings (SSSR count). The van der Waals surface area contributed by atoms with E-state index in [1.165, 1.54) is 18.6 Å². The van der Waals surface area contributed by atoms with Gasteiger partial charge in [-0.1, -0.05) is 17.3 Å². The number of rotatable bonds is 3. The van der Waals surface area contributed by atoms with Crippen molar-refractivity contribution in [3.63, 3.8) is 0 Å². The molecule has 2 aliphatic rings. The summed E-state index contributed by atoms with van der Waals surface area (Å²) in [4.78, 5) is 17.2. The maximum atomic E-state index is 13.4. The Morgan fingerprint density at radius 2 is 2.00 bits per heavy atom. The number of benzene rings is 1. The third kappa shape index (κ3) is 3.06. The monoisotopic (exact) mass is 343 g/mol. The molecule has 1 aromatic carbocycles. The van der Waals surface area contributed by atoms with Gasteiger partial charge in [-0.25, -0.2) is 4.39 Å². The topological polar surface area (TPSA) is 49.6 Å². The number of carbonyl (C=O) groups is 1. The van der Waals surface area contributed by atoms with Crippen LogP contribution in [0.15, 0.2) is 34.9 Å². The highest BCUT2D eigenvalue weighted by atomic mass is 19.1. The van der Waals surface area contributed by atoms with Crippen LogP contribution in [0.25, 0.3) is 11.3 Å². The van der Waals surface area contributed by atoms with Gasteiger partial charge in [-0.3, -0.25) is 4.79 Å². The van der Waals surface area contributed by atoms with Crippen LogP contribution in [0.5, 0.6) is 0 Å². The molecule has 0 radical (unpaired) electrons. The summed E-state index contributed by atoms with van der Waals surface area (Å²) in [6.07, 6.45) is 4.37. The second-order valence-electron chi connectivity index (χ2n) is 6.99. The van der Waals surface area contributed by atoms with Crippen molar-refractivity contribution in [1.82, 2.24) is 15.0 Å². The molecule has 25 heavy (non-hydrogen) atoms. The molecule has 6 heteroatoms. The Hall–Kier alpha value is -2.21. The van der Waals surface area contributed by atoms with Crippen molar-refractivity contribution in [2.75, 3.05) is 20.1 Å². The molecule has 2 aliphatic heterocycles. The van der Waals surface area contributed by atoms with Crippen LogP contribution in [0.1, 0.15) is 36.2 Å². The number of nitrogens with zero attached hydrogens (tertiary/aromatic N) is 3. The fraction of sp³-hybridized carbons (Fsp3) is 0.474. The maximum Gasteiger partial charge on any atom is 0.292 e. The fourth-order valence-corrected chi connectivity index (χ4v) is 4.17. The predicted octanol–water partition coefficient (Wildman–Crippen LogP) is 3.18. The summed E-state index contributed by atoms with van der Waals surface area (Å²) < 4.78 is 18.7. The number of hydrogen-bond donors (Lipinski definition) is 0. The molecule has 132 valence electrons. The van der Waals surface area contributed by atoms with Gasteiger partial charge in [0.25, 0.3) is 5.91 Å². The summed E-state index contributed by atoms with van der Waals surface area (Å²) in [6.45, 7) is 1.85. The molecule has 2 atom stereocenters. The maximum absolute atomic E-state index is 13.4. The van der Waals surface area contributed by atoms with E-state index in [2.05, 4.69) is 17.1 Å². The summed E-state index contributed by atoms with van der Waals surface area (Å²) in [6, 6.07) is 8.42. The van der Waals surface area contributed by atoms with Crippen molar-refractivity contribution >= 4 is 5.91 Å². The third-order valence-electron chi connectivity index (χ3n) is 5.42. The second-order valence-corrected chi connectivity index (χ2v) is 6.99. The second kappa shape index (κ2) is 6.59. The van der Waals surface area contributed by atoms with Gasteiger partial charge in [0.15, 0.2) is 0 Å². The zero-order valence-corrected chi connectivity index (χ0v) is 14.3. The van der Waals surface area contributed by atoms with E-state index in [0.717, 1.165) is 32.4 Å². The lowest BCUT2D eigenvalue weighted by molar-refractivity contribution is 0.0623. The molecule has 5 nitrogen and oxygen atoms in total. The number of carbonyl (C=O) groups excluding carboxylic acids is 1. The molecular weight excluding hydrogens is 321 g/mol. The number of hydrogen-bond acceptors (Lipinski definition) is 4. The van der Waals surface area contributed by atoms with Gasteiger partial charge in [0.1, 0.15) is 11.5 Å². The van der Waals surface area contributed by atoms with Crippen molar-refractivity contribution in [3.05, 3.63) is 41.9 Å². The standard InChI is InChI=1S/C19H22FN3O2/c1-22-9-3-7-16(22)17-8-4-10-23(17)19(24)18-12-15(21-25-18)13-5-2-6-14(20)11-13/h2,5-6,11-12,16-17H,3-4,7-10H2,1H3/t16-,17-/m1/s1. The van der Waals surface area contributed by atoms with Gasteiger partial charge < -0.3 is 14.3 Å². The molecule has 0 spiro atoms. The van der Waals surface area contributed by atoms with Crippen molar-refractivity contribution in [2.45, 2.75) is 37.8 Å². The van der Waals surface area contributed by atoms with Gasteiger partial charge in [0, 0.05) is 30.3 Å². The molecule has 0 bridgehead atoms. The summed E-state index contributed by atoms with van der Waals surface area (Å²) in [5, 5.41) is 3.96. The summed E-state index contributed by atoms with van der Waals surface area (Å²) >= 11 is 0. The van der Waals surface area contributed by atoms with Crippen molar-refractivity contribution in [2.24, 2.45) is 0 Å². The highest BCUT2D eigenvalue weighted by Crippen LogP contribution is 2.30. The van der Waals surface area contributed by atoms with Gasteiger partial charge in [0.05, 0.1) is 0 Å². The lowest BCUT2D eigenvalue weighted by atomic mass is 10.0. The van der Waals surface area contributed by atoms with Gasteiger partial charge in [-0.2, -0.15) is 0 Å². The minimum atomic E-state index is -0.336. The Bertz CT molecular complexity index is 776. The highest BCUT2D eigenvalue weighted by molar-refractivity contribution is 5.92. The number of likely N-dealkylation sites (tertiary alicyclic amines) is 2. The van der Waals surface area contributed by atoms with E-state index in [0.29, 0.717) is 17.3 Å². The number of halogens is 1. The van der Waals surface area contributed by atoms with Crippen LogP contribution in [-0.2, 0) is 0 Å². The average Bonchev–Trinajstić information content (AvgIpc) is 3.34. The molecule has 1 amide bonds. The summed E-state index contributed by atoms with van der Waals surface area (Å²) in [5.74, 6) is -0.220. The van der Waals surface area contributed by atoms with E-state index >= 15 is 0 Å². The zero-order chi connectivity index (χ0) is 17.4. The molecular formula is C19H22FN3O2. The lowest BCUT2D eigenvalue weighted by Crippen LogP contribution is -2.47. The molecule has 2 saturated heterocycles. The Labute approximate surface area is 146 Å². The SMILES string of the molecule is CN1CCC[C@@H]1[C@H]1CCCN1C(=O)c1cc(-c2cccc(F)c2)no1. The molecule has 1 aromatic heterocycles. The van der Waals surface area contributed by atoms with E-state index < -0.39 is 0 Å². The molecule has 0 aliphatic carbocycles. The zero-order valence-electron chi connectivity index (χ0n) is 14.3. The van der Waals surface area contributed by atoms with E-state index in [1.807, 2.05) is 4.90 Å². The van der Waals surface area contributed by atoms with Crippen LogP contribution < -0.4 is 0 Å². The van der Waals surface area contributed by atoms with Gasteiger partial charge in [0.2, 0.25) is 5.76 Å². The summed E-state index contributed by atoms with van der Waals surface area (Å²) in [7, 11) is 2.13. The van der Waals surface area contributed by atoms with Gasteiger partial charge >= 0.3 is 0 Å². The minimum absolute atomic E-state index is 0.113. The lowest BCUT2D eigenvalue weighted by Gasteiger charge is -2.32. The number of aromatic nitrogens is 1. The molecule has 3 heterocycles. The first-order chi connectivity index (χ1) is 12.1. The third-order valence-corrected chi connectivity index (χ3v) is 5.42. The predicted molar refractivity (Wildman–Crippen MR) is 91.6 cm³/mol. The normalized spacial score (nSPS) is 24.2. The smallest absolute Gasteiger partial charge is 0.292 e. The van der Waals surface area contributed by atoms with Crippen molar-refractivity contribution in [1.29, 1.82) is 0 Å². The largest absolute Gasteiger partial charge is 0.350 e. The summed E-state index contributed by atoms with van der Waals surface area (Å²) in [5.41, 5.74) is 1.09. The highest BCUT2D eigenvalue weighted by Gasteiger charge is 2.39. The van der Waals surface area contributed by atoms with Gasteiger partial charge in [-0.15, -0.1) is 0 Å². The van der Waals surface area contributed by atoms with Crippen LogP contribution in [-0.4, -0.2) is 53.1 Å². The molecule has 0 unspecified atom stereocenters. The quantitative estimate of drug-likeness (QED) is 0.859. The minimum Gasteiger partial charge on any atom is -0.350 e. The van der Waals surface area contributed by atoms with Crippen LogP contribution >= 0.6 is 0 Å². The Morgan fingerprint density at radius 3 is 2.76 bits per heavy atom. The fourth-order valence-electron chi connectivity index (χ4n) is 4.17. The Kier molecular flexibility index (Phi) is 4.29. The first-order valence-corrected chi connectivity index (χ1v) is 8.87. The average molecular weight is 343 g/mol. The Morgan fingerprint density at radius 1 is 1.20 bits per heavy atom. The van der Waals surface area contributed by atoms with Crippen molar-refractivity contribution in [3.8, 4) is 11.3 Å². The first-order valence-electron chi connectivity index (χ1n) is 8.87. The van der Waals surface area contributed by atoms with Crippen LogP contribution in [0, 0.1) is 5.82 Å². The Balaban J connectivity index is 1.54. The number of amides is 1.